The molecule has 0 spiro atoms. The maximum absolute atomic E-state index is 12.2. The maximum Gasteiger partial charge on any atom is 0.338 e. The van der Waals surface area contributed by atoms with Gasteiger partial charge in [-0.15, -0.1) is 5.10 Å². The minimum absolute atomic E-state index is 0.0936. The van der Waals surface area contributed by atoms with E-state index in [0.717, 1.165) is 5.69 Å². The van der Waals surface area contributed by atoms with Gasteiger partial charge in [0, 0.05) is 11.6 Å². The van der Waals surface area contributed by atoms with Crippen molar-refractivity contribution in [2.75, 3.05) is 0 Å². The molecule has 0 aliphatic carbocycles. The summed E-state index contributed by atoms with van der Waals surface area (Å²) in [5, 5.41) is 22.2. The smallest absolute Gasteiger partial charge is 0.338 e. The zero-order valence-electron chi connectivity index (χ0n) is 13.2. The molecule has 9 heteroatoms. The van der Waals surface area contributed by atoms with Crippen LogP contribution in [0.2, 0.25) is 0 Å². The number of rotatable bonds is 5. The first-order valence-electron chi connectivity index (χ1n) is 7.31. The summed E-state index contributed by atoms with van der Waals surface area (Å²) in [4.78, 5) is 22.6. The summed E-state index contributed by atoms with van der Waals surface area (Å²) < 4.78 is 6.63. The molecule has 1 aromatic heterocycles. The predicted octanol–water partition coefficient (Wildman–Crippen LogP) is 2.24. The predicted molar refractivity (Wildman–Crippen MR) is 86.1 cm³/mol. The molecule has 0 aliphatic rings. The molecule has 0 bridgehead atoms. The zero-order valence-corrected chi connectivity index (χ0v) is 13.2. The van der Waals surface area contributed by atoms with Crippen molar-refractivity contribution >= 4 is 11.7 Å². The van der Waals surface area contributed by atoms with Crippen LogP contribution in [-0.2, 0) is 11.3 Å². The average Bonchev–Trinajstić information content (AvgIpc) is 3.09. The monoisotopic (exact) mass is 339 g/mol. The molecule has 0 saturated carbocycles. The van der Waals surface area contributed by atoms with Crippen molar-refractivity contribution < 1.29 is 14.5 Å². The van der Waals surface area contributed by atoms with Crippen molar-refractivity contribution in [2.24, 2.45) is 0 Å². The minimum Gasteiger partial charge on any atom is -0.454 e. The van der Waals surface area contributed by atoms with Gasteiger partial charge < -0.3 is 4.74 Å². The Hall–Kier alpha value is -3.62. The molecular formula is C16H13N5O4. The van der Waals surface area contributed by atoms with Gasteiger partial charge in [0.2, 0.25) is 0 Å². The molecular weight excluding hydrogens is 326 g/mol. The number of esters is 1. The summed E-state index contributed by atoms with van der Waals surface area (Å²) in [6.07, 6.45) is 0. The number of nitro groups is 1. The molecule has 0 N–H and O–H groups in total. The van der Waals surface area contributed by atoms with Crippen molar-refractivity contribution in [1.82, 2.24) is 20.2 Å². The summed E-state index contributed by atoms with van der Waals surface area (Å²) in [5.74, 6) is -0.355. The lowest BCUT2D eigenvalue weighted by atomic mass is 10.1. The first-order valence-corrected chi connectivity index (χ1v) is 7.31. The highest BCUT2D eigenvalue weighted by atomic mass is 16.6. The van der Waals surface area contributed by atoms with E-state index in [2.05, 4.69) is 15.5 Å². The van der Waals surface area contributed by atoms with E-state index in [1.54, 1.807) is 6.92 Å². The molecule has 25 heavy (non-hydrogen) atoms. The van der Waals surface area contributed by atoms with E-state index < -0.39 is 10.9 Å². The number of aryl methyl sites for hydroxylation is 1. The van der Waals surface area contributed by atoms with Crippen LogP contribution in [0.4, 0.5) is 5.69 Å². The first kappa shape index (κ1) is 16.2. The van der Waals surface area contributed by atoms with Crippen LogP contribution in [0.25, 0.3) is 5.69 Å². The normalized spacial score (nSPS) is 10.4. The largest absolute Gasteiger partial charge is 0.454 e. The summed E-state index contributed by atoms with van der Waals surface area (Å²) in [7, 11) is 0. The highest BCUT2D eigenvalue weighted by Crippen LogP contribution is 2.20. The Balaban J connectivity index is 1.75. The van der Waals surface area contributed by atoms with Crippen LogP contribution in [0.1, 0.15) is 21.7 Å². The Bertz CT molecular complexity index is 923. The Kier molecular flexibility index (Phi) is 4.46. The van der Waals surface area contributed by atoms with Crippen molar-refractivity contribution in [3.05, 3.63) is 75.6 Å². The molecule has 0 radical (unpaired) electrons. The third-order valence-electron chi connectivity index (χ3n) is 3.51. The van der Waals surface area contributed by atoms with E-state index in [0.29, 0.717) is 11.4 Å². The number of para-hydroxylation sites is 1. The average molecular weight is 339 g/mol. The molecule has 3 aromatic rings. The van der Waals surface area contributed by atoms with Crippen LogP contribution in [0.15, 0.2) is 48.5 Å². The van der Waals surface area contributed by atoms with E-state index in [1.807, 2.05) is 30.3 Å². The van der Waals surface area contributed by atoms with Gasteiger partial charge in [0.25, 0.3) is 5.69 Å². The number of nitro benzene ring substituents is 1. The molecule has 0 unspecified atom stereocenters. The second kappa shape index (κ2) is 6.87. The molecule has 9 nitrogen and oxygen atoms in total. The number of aromatic nitrogens is 4. The Morgan fingerprint density at radius 3 is 2.72 bits per heavy atom. The standard InChI is InChI=1S/C16H13N5O4/c1-11-7-8-12(9-14(11)21(23)24)16(22)25-10-15-17-18-19-20(15)13-5-3-2-4-6-13/h2-9H,10H2,1H3. The summed E-state index contributed by atoms with van der Waals surface area (Å²) in [6, 6.07) is 13.3. The Morgan fingerprint density at radius 1 is 1.24 bits per heavy atom. The number of carbonyl (C=O) groups is 1. The second-order valence-electron chi connectivity index (χ2n) is 5.18. The molecule has 126 valence electrons. The summed E-state index contributed by atoms with van der Waals surface area (Å²) >= 11 is 0. The lowest BCUT2D eigenvalue weighted by molar-refractivity contribution is -0.385. The van der Waals surface area contributed by atoms with E-state index in [4.69, 9.17) is 4.74 Å². The van der Waals surface area contributed by atoms with E-state index in [-0.39, 0.29) is 17.9 Å². The highest BCUT2D eigenvalue weighted by molar-refractivity contribution is 5.90. The third kappa shape index (κ3) is 3.50. The fourth-order valence-electron chi connectivity index (χ4n) is 2.21. The summed E-state index contributed by atoms with van der Waals surface area (Å²) in [6.45, 7) is 1.43. The third-order valence-corrected chi connectivity index (χ3v) is 3.51. The van der Waals surface area contributed by atoms with Crippen LogP contribution in [0, 0.1) is 17.0 Å². The fourth-order valence-corrected chi connectivity index (χ4v) is 2.21. The van der Waals surface area contributed by atoms with Gasteiger partial charge in [0.15, 0.2) is 12.4 Å². The summed E-state index contributed by atoms with van der Waals surface area (Å²) in [5.41, 5.74) is 1.15. The van der Waals surface area contributed by atoms with Gasteiger partial charge in [-0.05, 0) is 35.5 Å². The van der Waals surface area contributed by atoms with Gasteiger partial charge in [-0.1, -0.05) is 24.3 Å². The van der Waals surface area contributed by atoms with Gasteiger partial charge in [-0.3, -0.25) is 10.1 Å². The highest BCUT2D eigenvalue weighted by Gasteiger charge is 2.17. The SMILES string of the molecule is Cc1ccc(C(=O)OCc2nnnn2-c2ccccc2)cc1[N+](=O)[O-]. The van der Waals surface area contributed by atoms with Crippen LogP contribution in [-0.4, -0.2) is 31.1 Å². The number of hydrogen-bond acceptors (Lipinski definition) is 7. The number of nitrogens with zero attached hydrogens (tertiary/aromatic N) is 5. The molecule has 3 rings (SSSR count). The van der Waals surface area contributed by atoms with Crippen molar-refractivity contribution in [3.8, 4) is 5.69 Å². The number of ether oxygens (including phenoxy) is 1. The molecule has 0 fully saturated rings. The van der Waals surface area contributed by atoms with Gasteiger partial charge in [0.1, 0.15) is 0 Å². The lowest BCUT2D eigenvalue weighted by Crippen LogP contribution is -2.10. The van der Waals surface area contributed by atoms with Gasteiger partial charge in [-0.2, -0.15) is 4.68 Å². The van der Waals surface area contributed by atoms with Crippen molar-refractivity contribution in [1.29, 1.82) is 0 Å². The first-order chi connectivity index (χ1) is 12.1. The van der Waals surface area contributed by atoms with Crippen LogP contribution < -0.4 is 0 Å². The molecule has 2 aromatic carbocycles. The molecule has 1 heterocycles. The van der Waals surface area contributed by atoms with Gasteiger partial charge in [0.05, 0.1) is 16.2 Å². The number of carbonyl (C=O) groups excluding carboxylic acids is 1. The Labute approximate surface area is 142 Å². The minimum atomic E-state index is -0.689. The quantitative estimate of drug-likeness (QED) is 0.398. The van der Waals surface area contributed by atoms with Gasteiger partial charge >= 0.3 is 5.97 Å². The fraction of sp³-hybridized carbons (Fsp3) is 0.125. The van der Waals surface area contributed by atoms with Crippen LogP contribution >= 0.6 is 0 Å². The number of hydrogen-bond donors (Lipinski definition) is 0. The topological polar surface area (TPSA) is 113 Å². The molecule has 0 atom stereocenters. The van der Waals surface area contributed by atoms with E-state index in [1.165, 1.54) is 22.9 Å². The van der Waals surface area contributed by atoms with Crippen molar-refractivity contribution in [3.63, 3.8) is 0 Å². The second-order valence-corrected chi connectivity index (χ2v) is 5.18. The molecule has 0 aliphatic heterocycles. The molecule has 0 amide bonds. The molecule has 0 saturated heterocycles. The van der Waals surface area contributed by atoms with E-state index in [9.17, 15) is 14.9 Å². The lowest BCUT2D eigenvalue weighted by Gasteiger charge is -2.06. The van der Waals surface area contributed by atoms with Crippen LogP contribution in [0.3, 0.4) is 0 Å². The van der Waals surface area contributed by atoms with Crippen LogP contribution in [0.5, 0.6) is 0 Å². The Morgan fingerprint density at radius 2 is 2.00 bits per heavy atom. The van der Waals surface area contributed by atoms with Gasteiger partial charge in [-0.25, -0.2) is 4.79 Å². The van der Waals surface area contributed by atoms with E-state index >= 15 is 0 Å². The maximum atomic E-state index is 12.2. The zero-order chi connectivity index (χ0) is 17.8. The number of benzene rings is 2. The number of tetrazole rings is 1. The van der Waals surface area contributed by atoms with Crippen molar-refractivity contribution in [2.45, 2.75) is 13.5 Å².